The fourth-order valence-electron chi connectivity index (χ4n) is 2.68. The SMILES string of the molecule is CC(=O)[C@@H](Cc1ccccc1)NC(=O)COC(=O)c1c(C)oc(C)c1C. The number of ketones is 1. The number of ether oxygens (including phenoxy) is 1. The lowest BCUT2D eigenvalue weighted by atomic mass is 10.0. The molecule has 1 N–H and O–H groups in total. The Labute approximate surface area is 152 Å². The topological polar surface area (TPSA) is 85.6 Å². The normalized spacial score (nSPS) is 11.7. The highest BCUT2D eigenvalue weighted by atomic mass is 16.5. The second-order valence-corrected chi connectivity index (χ2v) is 6.21. The van der Waals surface area contributed by atoms with Crippen LogP contribution in [0.1, 0.15) is 39.9 Å². The molecule has 6 heteroatoms. The standard InChI is InChI=1S/C20H23NO5/c1-12-14(3)26-15(4)19(12)20(24)25-11-18(23)21-17(13(2)22)10-16-8-6-5-7-9-16/h5-9,17H,10-11H2,1-4H3,(H,21,23)/t17-/m1/s1. The molecular formula is C20H23NO5. The molecule has 0 unspecified atom stereocenters. The highest BCUT2D eigenvalue weighted by molar-refractivity contribution is 5.94. The van der Waals surface area contributed by atoms with E-state index in [-0.39, 0.29) is 5.78 Å². The van der Waals surface area contributed by atoms with E-state index in [0.717, 1.165) is 5.56 Å². The molecule has 1 heterocycles. The van der Waals surface area contributed by atoms with Gasteiger partial charge in [0, 0.05) is 5.56 Å². The van der Waals surface area contributed by atoms with Crippen LogP contribution in [0.15, 0.2) is 34.7 Å². The molecule has 138 valence electrons. The number of amides is 1. The van der Waals surface area contributed by atoms with Gasteiger partial charge in [0.2, 0.25) is 0 Å². The number of furan rings is 1. The maximum absolute atomic E-state index is 12.2. The molecule has 0 radical (unpaired) electrons. The van der Waals surface area contributed by atoms with Crippen molar-refractivity contribution < 1.29 is 23.5 Å². The maximum atomic E-state index is 12.2. The third kappa shape index (κ3) is 4.81. The second-order valence-electron chi connectivity index (χ2n) is 6.21. The fourth-order valence-corrected chi connectivity index (χ4v) is 2.68. The Hall–Kier alpha value is -2.89. The van der Waals surface area contributed by atoms with Crippen LogP contribution in [0.2, 0.25) is 0 Å². The first-order valence-corrected chi connectivity index (χ1v) is 8.37. The molecule has 0 saturated carbocycles. The molecular weight excluding hydrogens is 334 g/mol. The molecule has 0 spiro atoms. The first kappa shape index (κ1) is 19.4. The van der Waals surface area contributed by atoms with E-state index in [4.69, 9.17) is 9.15 Å². The van der Waals surface area contributed by atoms with Crippen LogP contribution in [0, 0.1) is 20.8 Å². The number of rotatable bonds is 7. The zero-order chi connectivity index (χ0) is 19.3. The molecule has 1 aromatic heterocycles. The molecule has 0 fully saturated rings. The largest absolute Gasteiger partial charge is 0.465 e. The number of hydrogen-bond acceptors (Lipinski definition) is 5. The van der Waals surface area contributed by atoms with Crippen molar-refractivity contribution in [1.29, 1.82) is 0 Å². The van der Waals surface area contributed by atoms with E-state index in [1.54, 1.807) is 20.8 Å². The fraction of sp³-hybridized carbons (Fsp3) is 0.350. The van der Waals surface area contributed by atoms with Gasteiger partial charge in [-0.05, 0) is 39.7 Å². The van der Waals surface area contributed by atoms with E-state index in [1.807, 2.05) is 30.3 Å². The number of carbonyl (C=O) groups is 3. The van der Waals surface area contributed by atoms with Crippen molar-refractivity contribution in [2.24, 2.45) is 0 Å². The minimum Gasteiger partial charge on any atom is -0.465 e. The summed E-state index contributed by atoms with van der Waals surface area (Å²) in [4.78, 5) is 36.1. The zero-order valence-corrected chi connectivity index (χ0v) is 15.4. The maximum Gasteiger partial charge on any atom is 0.342 e. The summed E-state index contributed by atoms with van der Waals surface area (Å²) in [6, 6.07) is 8.72. The molecule has 2 aromatic rings. The predicted octanol–water partition coefficient (Wildman–Crippen LogP) is 2.68. The Morgan fingerprint density at radius 3 is 2.27 bits per heavy atom. The van der Waals surface area contributed by atoms with Crippen LogP contribution >= 0.6 is 0 Å². The Kier molecular flexibility index (Phi) is 6.33. The van der Waals surface area contributed by atoms with Crippen molar-refractivity contribution >= 4 is 17.7 Å². The van der Waals surface area contributed by atoms with Crippen molar-refractivity contribution in [3.63, 3.8) is 0 Å². The Morgan fingerprint density at radius 1 is 1.08 bits per heavy atom. The number of esters is 1. The minimum absolute atomic E-state index is 0.161. The van der Waals surface area contributed by atoms with E-state index in [2.05, 4.69) is 5.32 Å². The highest BCUT2D eigenvalue weighted by Crippen LogP contribution is 2.21. The van der Waals surface area contributed by atoms with Crippen LogP contribution in [0.3, 0.4) is 0 Å². The Bertz CT molecular complexity index is 807. The molecule has 26 heavy (non-hydrogen) atoms. The number of aryl methyl sites for hydroxylation is 2. The first-order valence-electron chi connectivity index (χ1n) is 8.37. The minimum atomic E-state index is -0.664. The van der Waals surface area contributed by atoms with E-state index in [0.29, 0.717) is 29.1 Å². The van der Waals surface area contributed by atoms with Gasteiger partial charge in [0.25, 0.3) is 5.91 Å². The molecule has 6 nitrogen and oxygen atoms in total. The van der Waals surface area contributed by atoms with Gasteiger partial charge in [-0.3, -0.25) is 9.59 Å². The van der Waals surface area contributed by atoms with Gasteiger partial charge < -0.3 is 14.5 Å². The van der Waals surface area contributed by atoms with Crippen molar-refractivity contribution in [2.45, 2.75) is 40.2 Å². The number of Topliss-reactive ketones (excluding diaryl/α,β-unsaturated/α-hetero) is 1. The molecule has 1 amide bonds. The van der Waals surface area contributed by atoms with Gasteiger partial charge in [-0.25, -0.2) is 4.79 Å². The number of carbonyl (C=O) groups excluding carboxylic acids is 3. The van der Waals surface area contributed by atoms with Crippen LogP contribution in [0.4, 0.5) is 0 Å². The third-order valence-corrected chi connectivity index (χ3v) is 4.21. The summed E-state index contributed by atoms with van der Waals surface area (Å²) in [7, 11) is 0. The summed E-state index contributed by atoms with van der Waals surface area (Å²) in [5, 5.41) is 2.62. The molecule has 0 aliphatic carbocycles. The molecule has 0 aliphatic heterocycles. The van der Waals surface area contributed by atoms with Crippen LogP contribution in [-0.4, -0.2) is 30.3 Å². The molecule has 1 atom stereocenters. The van der Waals surface area contributed by atoms with Gasteiger partial charge in [0.1, 0.15) is 17.1 Å². The van der Waals surface area contributed by atoms with Gasteiger partial charge in [-0.1, -0.05) is 30.3 Å². The number of nitrogens with one attached hydrogen (secondary N) is 1. The summed E-state index contributed by atoms with van der Waals surface area (Å²) in [6.45, 7) is 6.14. The number of hydrogen-bond donors (Lipinski definition) is 1. The summed E-state index contributed by atoms with van der Waals surface area (Å²) >= 11 is 0. The van der Waals surface area contributed by atoms with Crippen molar-refractivity contribution in [2.75, 3.05) is 6.61 Å². The van der Waals surface area contributed by atoms with E-state index in [9.17, 15) is 14.4 Å². The van der Waals surface area contributed by atoms with Gasteiger partial charge in [-0.15, -0.1) is 0 Å². The average molecular weight is 357 g/mol. The molecule has 0 saturated heterocycles. The van der Waals surface area contributed by atoms with Crippen molar-refractivity contribution in [3.8, 4) is 0 Å². The lowest BCUT2D eigenvalue weighted by molar-refractivity contribution is -0.128. The van der Waals surface area contributed by atoms with Crippen molar-refractivity contribution in [1.82, 2.24) is 5.32 Å². The average Bonchev–Trinajstić information content (AvgIpc) is 2.85. The van der Waals surface area contributed by atoms with E-state index >= 15 is 0 Å². The lowest BCUT2D eigenvalue weighted by Crippen LogP contribution is -2.43. The van der Waals surface area contributed by atoms with Gasteiger partial charge in [0.15, 0.2) is 12.4 Å². The van der Waals surface area contributed by atoms with Gasteiger partial charge in [0.05, 0.1) is 6.04 Å². The summed E-state index contributed by atoms with van der Waals surface area (Å²) in [5.41, 5.74) is 1.96. The monoisotopic (exact) mass is 357 g/mol. The van der Waals surface area contributed by atoms with Crippen molar-refractivity contribution in [3.05, 3.63) is 58.5 Å². The Balaban J connectivity index is 1.94. The lowest BCUT2D eigenvalue weighted by Gasteiger charge is -2.16. The van der Waals surface area contributed by atoms with Crippen LogP contribution in [0.25, 0.3) is 0 Å². The summed E-state index contributed by atoms with van der Waals surface area (Å²) < 4.78 is 10.5. The molecule has 1 aromatic carbocycles. The zero-order valence-electron chi connectivity index (χ0n) is 15.4. The molecule has 0 aliphatic rings. The predicted molar refractivity (Wildman–Crippen MR) is 96.0 cm³/mol. The quantitative estimate of drug-likeness (QED) is 0.770. The number of benzene rings is 1. The third-order valence-electron chi connectivity index (χ3n) is 4.21. The molecule has 2 rings (SSSR count). The van der Waals surface area contributed by atoms with Gasteiger partial charge >= 0.3 is 5.97 Å². The van der Waals surface area contributed by atoms with Crippen LogP contribution in [-0.2, 0) is 20.7 Å². The highest BCUT2D eigenvalue weighted by Gasteiger charge is 2.22. The van der Waals surface area contributed by atoms with Crippen LogP contribution in [0.5, 0.6) is 0 Å². The van der Waals surface area contributed by atoms with Crippen LogP contribution < -0.4 is 5.32 Å². The van der Waals surface area contributed by atoms with E-state index < -0.39 is 24.5 Å². The summed E-state index contributed by atoms with van der Waals surface area (Å²) in [6.07, 6.45) is 0.384. The smallest absolute Gasteiger partial charge is 0.342 e. The second kappa shape index (κ2) is 8.47. The van der Waals surface area contributed by atoms with Gasteiger partial charge in [-0.2, -0.15) is 0 Å². The summed E-state index contributed by atoms with van der Waals surface area (Å²) in [5.74, 6) is -0.209. The first-order chi connectivity index (χ1) is 12.3. The Morgan fingerprint density at radius 2 is 1.73 bits per heavy atom. The van der Waals surface area contributed by atoms with E-state index in [1.165, 1.54) is 6.92 Å². The molecule has 0 bridgehead atoms.